The predicted molar refractivity (Wildman–Crippen MR) is 81.0 cm³/mol. The second-order valence-electron chi connectivity index (χ2n) is 4.53. The molecule has 0 bridgehead atoms. The van der Waals surface area contributed by atoms with E-state index in [1.165, 1.54) is 0 Å². The van der Waals surface area contributed by atoms with Crippen LogP contribution >= 0.6 is 0 Å². The first-order valence-electron chi connectivity index (χ1n) is 6.60. The maximum absolute atomic E-state index is 5.41. The molecule has 1 heterocycles. The second kappa shape index (κ2) is 5.79. The molecule has 3 rings (SSSR count). The molecule has 0 N–H and O–H groups in total. The van der Waals surface area contributed by atoms with Gasteiger partial charge in [0.25, 0.3) is 0 Å². The van der Waals surface area contributed by atoms with Gasteiger partial charge in [0.1, 0.15) is 0 Å². The van der Waals surface area contributed by atoms with E-state index < -0.39 is 0 Å². The number of benzene rings is 2. The summed E-state index contributed by atoms with van der Waals surface area (Å²) in [6, 6.07) is 11.6. The zero-order chi connectivity index (χ0) is 14.7. The van der Waals surface area contributed by atoms with Crippen LogP contribution in [0.15, 0.2) is 36.4 Å². The number of rotatable bonds is 4. The minimum Gasteiger partial charge on any atom is -0.493 e. The van der Waals surface area contributed by atoms with Crippen LogP contribution < -0.4 is 18.9 Å². The molecule has 4 heteroatoms. The largest absolute Gasteiger partial charge is 0.493 e. The lowest BCUT2D eigenvalue weighted by Gasteiger charge is -2.09. The van der Waals surface area contributed by atoms with Gasteiger partial charge >= 0.3 is 0 Å². The van der Waals surface area contributed by atoms with Crippen LogP contribution in [0.2, 0.25) is 0 Å². The van der Waals surface area contributed by atoms with E-state index >= 15 is 0 Å². The Hall–Kier alpha value is -2.62. The Balaban J connectivity index is 1.89. The average Bonchev–Trinajstić information content (AvgIpc) is 2.99. The van der Waals surface area contributed by atoms with Crippen LogP contribution in [-0.4, -0.2) is 21.0 Å². The van der Waals surface area contributed by atoms with Gasteiger partial charge in [0.15, 0.2) is 23.0 Å². The standard InChI is InChI=1S/C17H16O4/c1-18-15-5-3-4-13(17(15)19-2)8-6-12-7-9-14-16(10-12)21-11-20-14/h3-10H,11H2,1-2H3/b8-6+. The van der Waals surface area contributed by atoms with Crippen molar-refractivity contribution in [1.29, 1.82) is 0 Å². The van der Waals surface area contributed by atoms with Crippen LogP contribution in [0, 0.1) is 0 Å². The highest BCUT2D eigenvalue weighted by Crippen LogP contribution is 2.34. The quantitative estimate of drug-likeness (QED) is 0.804. The Morgan fingerprint density at radius 1 is 0.952 bits per heavy atom. The molecule has 0 spiro atoms. The highest BCUT2D eigenvalue weighted by Gasteiger charge is 2.12. The maximum atomic E-state index is 5.41. The topological polar surface area (TPSA) is 36.9 Å². The number of methoxy groups -OCH3 is 2. The third kappa shape index (κ3) is 2.65. The number of hydrogen-bond acceptors (Lipinski definition) is 4. The van der Waals surface area contributed by atoms with Crippen LogP contribution in [-0.2, 0) is 0 Å². The van der Waals surface area contributed by atoms with E-state index in [2.05, 4.69) is 0 Å². The molecule has 0 amide bonds. The van der Waals surface area contributed by atoms with Crippen molar-refractivity contribution in [2.75, 3.05) is 21.0 Å². The van der Waals surface area contributed by atoms with Gasteiger partial charge in [-0.3, -0.25) is 0 Å². The summed E-state index contributed by atoms with van der Waals surface area (Å²) in [6.45, 7) is 0.284. The summed E-state index contributed by atoms with van der Waals surface area (Å²) in [4.78, 5) is 0. The number of hydrogen-bond donors (Lipinski definition) is 0. The molecule has 0 saturated carbocycles. The fourth-order valence-electron chi connectivity index (χ4n) is 2.25. The molecular formula is C17H16O4. The Morgan fingerprint density at radius 3 is 2.62 bits per heavy atom. The van der Waals surface area contributed by atoms with Gasteiger partial charge in [-0.2, -0.15) is 0 Å². The molecule has 0 radical (unpaired) electrons. The zero-order valence-electron chi connectivity index (χ0n) is 12.0. The van der Waals surface area contributed by atoms with Crippen molar-refractivity contribution in [3.05, 3.63) is 47.5 Å². The zero-order valence-corrected chi connectivity index (χ0v) is 12.0. The van der Waals surface area contributed by atoms with Gasteiger partial charge in [-0.25, -0.2) is 0 Å². The summed E-state index contributed by atoms with van der Waals surface area (Å²) in [5.41, 5.74) is 1.98. The molecule has 21 heavy (non-hydrogen) atoms. The van der Waals surface area contributed by atoms with E-state index in [4.69, 9.17) is 18.9 Å². The molecule has 0 atom stereocenters. The van der Waals surface area contributed by atoms with Crippen LogP contribution in [0.25, 0.3) is 12.2 Å². The summed E-state index contributed by atoms with van der Waals surface area (Å²) >= 11 is 0. The molecule has 4 nitrogen and oxygen atoms in total. The smallest absolute Gasteiger partial charge is 0.231 e. The summed E-state index contributed by atoms with van der Waals surface area (Å²) in [7, 11) is 3.26. The van der Waals surface area contributed by atoms with Crippen molar-refractivity contribution < 1.29 is 18.9 Å². The van der Waals surface area contributed by atoms with E-state index in [9.17, 15) is 0 Å². The van der Waals surface area contributed by atoms with Crippen molar-refractivity contribution in [2.24, 2.45) is 0 Å². The Bertz CT molecular complexity index is 676. The van der Waals surface area contributed by atoms with Gasteiger partial charge < -0.3 is 18.9 Å². The minimum atomic E-state index is 0.284. The van der Waals surface area contributed by atoms with Crippen molar-refractivity contribution >= 4 is 12.2 Å². The van der Waals surface area contributed by atoms with Gasteiger partial charge in [0.05, 0.1) is 14.2 Å². The van der Waals surface area contributed by atoms with Crippen molar-refractivity contribution in [2.45, 2.75) is 0 Å². The lowest BCUT2D eigenvalue weighted by atomic mass is 10.1. The fraction of sp³-hybridized carbons (Fsp3) is 0.176. The van der Waals surface area contributed by atoms with Gasteiger partial charge in [0.2, 0.25) is 6.79 Å². The molecular weight excluding hydrogens is 268 g/mol. The highest BCUT2D eigenvalue weighted by atomic mass is 16.7. The van der Waals surface area contributed by atoms with Gasteiger partial charge in [-0.1, -0.05) is 30.4 Å². The third-order valence-electron chi connectivity index (χ3n) is 3.29. The Labute approximate surface area is 123 Å². The highest BCUT2D eigenvalue weighted by molar-refractivity contribution is 5.75. The summed E-state index contributed by atoms with van der Waals surface area (Å²) in [5, 5.41) is 0. The molecule has 2 aromatic carbocycles. The first-order chi connectivity index (χ1) is 10.3. The van der Waals surface area contributed by atoms with Crippen molar-refractivity contribution in [3.63, 3.8) is 0 Å². The molecule has 2 aromatic rings. The molecule has 0 saturated heterocycles. The summed E-state index contributed by atoms with van der Waals surface area (Å²) < 4.78 is 21.4. The average molecular weight is 284 g/mol. The first-order valence-corrected chi connectivity index (χ1v) is 6.60. The maximum Gasteiger partial charge on any atom is 0.231 e. The number of fused-ring (bicyclic) bond motifs is 1. The molecule has 1 aliphatic rings. The van der Waals surface area contributed by atoms with E-state index in [-0.39, 0.29) is 6.79 Å². The molecule has 0 fully saturated rings. The van der Waals surface area contributed by atoms with Crippen LogP contribution in [0.1, 0.15) is 11.1 Å². The molecule has 0 aliphatic carbocycles. The normalized spacial score (nSPS) is 12.7. The second-order valence-corrected chi connectivity index (χ2v) is 4.53. The van der Waals surface area contributed by atoms with E-state index in [0.717, 1.165) is 28.4 Å². The van der Waals surface area contributed by atoms with E-state index in [1.54, 1.807) is 14.2 Å². The first kappa shape index (κ1) is 13.4. The fourth-order valence-corrected chi connectivity index (χ4v) is 2.25. The molecule has 0 aromatic heterocycles. The van der Waals surface area contributed by atoms with Gasteiger partial charge in [-0.05, 0) is 23.8 Å². The van der Waals surface area contributed by atoms with Crippen LogP contribution in [0.4, 0.5) is 0 Å². The van der Waals surface area contributed by atoms with Crippen molar-refractivity contribution in [3.8, 4) is 23.0 Å². The lowest BCUT2D eigenvalue weighted by molar-refractivity contribution is 0.174. The van der Waals surface area contributed by atoms with Crippen LogP contribution in [0.3, 0.4) is 0 Å². The Morgan fingerprint density at radius 2 is 1.81 bits per heavy atom. The van der Waals surface area contributed by atoms with Gasteiger partial charge in [-0.15, -0.1) is 0 Å². The van der Waals surface area contributed by atoms with Crippen molar-refractivity contribution in [1.82, 2.24) is 0 Å². The number of ether oxygens (including phenoxy) is 4. The van der Waals surface area contributed by atoms with E-state index in [1.807, 2.05) is 48.6 Å². The lowest BCUT2D eigenvalue weighted by Crippen LogP contribution is -1.92. The Kier molecular flexibility index (Phi) is 3.69. The molecule has 0 unspecified atom stereocenters. The minimum absolute atomic E-state index is 0.284. The number of para-hydroxylation sites is 1. The monoisotopic (exact) mass is 284 g/mol. The SMILES string of the molecule is COc1cccc(/C=C/c2ccc3c(c2)OCO3)c1OC. The summed E-state index contributed by atoms with van der Waals surface area (Å²) in [5.74, 6) is 2.99. The summed E-state index contributed by atoms with van der Waals surface area (Å²) in [6.07, 6.45) is 3.98. The molecule has 108 valence electrons. The van der Waals surface area contributed by atoms with E-state index in [0.29, 0.717) is 5.75 Å². The van der Waals surface area contributed by atoms with Gasteiger partial charge in [0, 0.05) is 5.56 Å². The van der Waals surface area contributed by atoms with Crippen LogP contribution in [0.5, 0.6) is 23.0 Å². The molecule has 1 aliphatic heterocycles. The third-order valence-corrected chi connectivity index (χ3v) is 3.29. The predicted octanol–water partition coefficient (Wildman–Crippen LogP) is 3.60.